The number of methoxy groups -OCH3 is 1. The van der Waals surface area contributed by atoms with Crippen LogP contribution in [0.3, 0.4) is 0 Å². The Bertz CT molecular complexity index is 588. The molecule has 0 radical (unpaired) electrons. The summed E-state index contributed by atoms with van der Waals surface area (Å²) < 4.78 is 10.9. The average Bonchev–Trinajstić information content (AvgIpc) is 2.94. The van der Waals surface area contributed by atoms with Crippen molar-refractivity contribution in [1.29, 1.82) is 0 Å². The Balaban J connectivity index is 1.47. The Kier molecular flexibility index (Phi) is 4.25. The van der Waals surface area contributed by atoms with Crippen molar-refractivity contribution in [2.45, 2.75) is 44.7 Å². The van der Waals surface area contributed by atoms with Crippen LogP contribution in [-0.4, -0.2) is 18.1 Å². The third-order valence-corrected chi connectivity index (χ3v) is 4.20. The summed E-state index contributed by atoms with van der Waals surface area (Å²) in [5.74, 6) is 3.32. The van der Waals surface area contributed by atoms with Crippen LogP contribution >= 0.6 is 0 Å². The first-order valence-electron chi connectivity index (χ1n) is 7.59. The van der Waals surface area contributed by atoms with Gasteiger partial charge in [-0.3, -0.25) is 0 Å². The summed E-state index contributed by atoms with van der Waals surface area (Å²) in [4.78, 5) is 4.27. The van der Waals surface area contributed by atoms with Crippen LogP contribution in [0.1, 0.15) is 42.9 Å². The molecule has 1 aromatic heterocycles. The highest BCUT2D eigenvalue weighted by Gasteiger charge is 2.30. The lowest BCUT2D eigenvalue weighted by Crippen LogP contribution is -2.39. The molecule has 1 aliphatic carbocycles. The zero-order valence-electron chi connectivity index (χ0n) is 12.6. The highest BCUT2D eigenvalue weighted by atomic mass is 16.5. The number of aromatic nitrogens is 1. The summed E-state index contributed by atoms with van der Waals surface area (Å²) in [6.45, 7) is 2.79. The Morgan fingerprint density at radius 2 is 2.24 bits per heavy atom. The van der Waals surface area contributed by atoms with Gasteiger partial charge in [-0.25, -0.2) is 4.98 Å². The molecule has 0 saturated heterocycles. The predicted octanol–water partition coefficient (Wildman–Crippen LogP) is 3.28. The van der Waals surface area contributed by atoms with Crippen LogP contribution in [0.4, 0.5) is 0 Å². The SMILES string of the molecule is CCc1cnc(CNC2CC(c3cccc(OC)c3)C2)o1. The topological polar surface area (TPSA) is 47.3 Å². The Morgan fingerprint density at radius 3 is 2.95 bits per heavy atom. The van der Waals surface area contributed by atoms with Crippen LogP contribution in [0.2, 0.25) is 0 Å². The summed E-state index contributed by atoms with van der Waals surface area (Å²) in [7, 11) is 1.71. The van der Waals surface area contributed by atoms with Crippen molar-refractivity contribution in [3.63, 3.8) is 0 Å². The second-order valence-electron chi connectivity index (χ2n) is 5.60. The quantitative estimate of drug-likeness (QED) is 0.885. The standard InChI is InChI=1S/C17H22N2O2/c1-3-15-10-19-17(21-15)11-18-14-7-13(8-14)12-5-4-6-16(9-12)20-2/h4-6,9-10,13-14,18H,3,7-8,11H2,1-2H3. The number of aryl methyl sites for hydroxylation is 1. The van der Waals surface area contributed by atoms with Gasteiger partial charge in [0, 0.05) is 12.5 Å². The number of ether oxygens (including phenoxy) is 1. The molecule has 3 rings (SSSR count). The third-order valence-electron chi connectivity index (χ3n) is 4.20. The van der Waals surface area contributed by atoms with E-state index in [4.69, 9.17) is 9.15 Å². The highest BCUT2D eigenvalue weighted by molar-refractivity contribution is 5.32. The van der Waals surface area contributed by atoms with Crippen LogP contribution in [0.5, 0.6) is 5.75 Å². The molecular formula is C17H22N2O2. The monoisotopic (exact) mass is 286 g/mol. The molecule has 2 aromatic rings. The maximum Gasteiger partial charge on any atom is 0.208 e. The van der Waals surface area contributed by atoms with E-state index in [1.807, 2.05) is 12.3 Å². The molecule has 0 amide bonds. The van der Waals surface area contributed by atoms with E-state index >= 15 is 0 Å². The molecule has 0 spiro atoms. The smallest absolute Gasteiger partial charge is 0.208 e. The van der Waals surface area contributed by atoms with Crippen LogP contribution in [0, 0.1) is 0 Å². The Labute approximate surface area is 125 Å². The van der Waals surface area contributed by atoms with Crippen molar-refractivity contribution in [1.82, 2.24) is 10.3 Å². The second kappa shape index (κ2) is 6.31. The maximum atomic E-state index is 5.60. The number of nitrogens with one attached hydrogen (secondary N) is 1. The van der Waals surface area contributed by atoms with Crippen molar-refractivity contribution >= 4 is 0 Å². The number of benzene rings is 1. The first-order chi connectivity index (χ1) is 10.3. The summed E-state index contributed by atoms with van der Waals surface area (Å²) in [5.41, 5.74) is 1.37. The van der Waals surface area contributed by atoms with Crippen LogP contribution in [0.15, 0.2) is 34.9 Å². The molecule has 1 aliphatic rings. The van der Waals surface area contributed by atoms with Gasteiger partial charge in [-0.2, -0.15) is 0 Å². The minimum absolute atomic E-state index is 0.554. The molecule has 4 heteroatoms. The molecule has 1 fully saturated rings. The number of hydrogen-bond acceptors (Lipinski definition) is 4. The number of hydrogen-bond donors (Lipinski definition) is 1. The van der Waals surface area contributed by atoms with E-state index in [9.17, 15) is 0 Å². The van der Waals surface area contributed by atoms with E-state index < -0.39 is 0 Å². The van der Waals surface area contributed by atoms with E-state index in [1.165, 1.54) is 5.56 Å². The summed E-state index contributed by atoms with van der Waals surface area (Å²) in [5, 5.41) is 3.51. The van der Waals surface area contributed by atoms with Gasteiger partial charge in [0.05, 0.1) is 19.9 Å². The van der Waals surface area contributed by atoms with Crippen LogP contribution in [-0.2, 0) is 13.0 Å². The number of rotatable bonds is 6. The normalized spacial score (nSPS) is 21.0. The zero-order valence-corrected chi connectivity index (χ0v) is 12.6. The molecular weight excluding hydrogens is 264 g/mol. The van der Waals surface area contributed by atoms with Gasteiger partial charge >= 0.3 is 0 Å². The van der Waals surface area contributed by atoms with Crippen molar-refractivity contribution in [3.05, 3.63) is 47.7 Å². The van der Waals surface area contributed by atoms with Crippen LogP contribution in [0.25, 0.3) is 0 Å². The molecule has 0 bridgehead atoms. The first kappa shape index (κ1) is 14.1. The number of nitrogens with zero attached hydrogens (tertiary/aromatic N) is 1. The molecule has 1 heterocycles. The van der Waals surface area contributed by atoms with Crippen molar-refractivity contribution in [2.24, 2.45) is 0 Å². The molecule has 1 N–H and O–H groups in total. The average molecular weight is 286 g/mol. The van der Waals surface area contributed by atoms with Gasteiger partial charge in [-0.05, 0) is 36.5 Å². The molecule has 1 saturated carbocycles. The van der Waals surface area contributed by atoms with Crippen molar-refractivity contribution in [2.75, 3.05) is 7.11 Å². The highest BCUT2D eigenvalue weighted by Crippen LogP contribution is 2.38. The summed E-state index contributed by atoms with van der Waals surface area (Å²) >= 11 is 0. The molecule has 0 atom stereocenters. The van der Waals surface area contributed by atoms with E-state index in [0.29, 0.717) is 12.0 Å². The van der Waals surface area contributed by atoms with Crippen molar-refractivity contribution < 1.29 is 9.15 Å². The second-order valence-corrected chi connectivity index (χ2v) is 5.60. The molecule has 4 nitrogen and oxygen atoms in total. The van der Waals surface area contributed by atoms with Gasteiger partial charge in [0.2, 0.25) is 5.89 Å². The first-order valence-corrected chi connectivity index (χ1v) is 7.59. The minimum Gasteiger partial charge on any atom is -0.497 e. The van der Waals surface area contributed by atoms with Gasteiger partial charge in [-0.1, -0.05) is 19.1 Å². The van der Waals surface area contributed by atoms with E-state index in [2.05, 4.69) is 35.4 Å². The van der Waals surface area contributed by atoms with Crippen LogP contribution < -0.4 is 10.1 Å². The lowest BCUT2D eigenvalue weighted by molar-refractivity contribution is 0.277. The van der Waals surface area contributed by atoms with Gasteiger partial charge in [0.15, 0.2) is 0 Å². The largest absolute Gasteiger partial charge is 0.497 e. The van der Waals surface area contributed by atoms with Gasteiger partial charge in [0.1, 0.15) is 11.5 Å². The van der Waals surface area contributed by atoms with E-state index in [1.54, 1.807) is 7.11 Å². The fourth-order valence-electron chi connectivity index (χ4n) is 2.78. The zero-order chi connectivity index (χ0) is 14.7. The lowest BCUT2D eigenvalue weighted by atomic mass is 9.76. The fourth-order valence-corrected chi connectivity index (χ4v) is 2.78. The maximum absolute atomic E-state index is 5.60. The molecule has 0 unspecified atom stereocenters. The van der Waals surface area contributed by atoms with Gasteiger partial charge < -0.3 is 14.5 Å². The Morgan fingerprint density at radius 1 is 1.38 bits per heavy atom. The van der Waals surface area contributed by atoms with Gasteiger partial charge in [-0.15, -0.1) is 0 Å². The Hall–Kier alpha value is -1.81. The predicted molar refractivity (Wildman–Crippen MR) is 81.5 cm³/mol. The van der Waals surface area contributed by atoms with E-state index in [-0.39, 0.29) is 0 Å². The molecule has 1 aromatic carbocycles. The third kappa shape index (κ3) is 3.27. The van der Waals surface area contributed by atoms with Crippen molar-refractivity contribution in [3.8, 4) is 5.75 Å². The lowest BCUT2D eigenvalue weighted by Gasteiger charge is -2.36. The molecule has 0 aliphatic heterocycles. The van der Waals surface area contributed by atoms with E-state index in [0.717, 1.165) is 43.2 Å². The molecule has 112 valence electrons. The molecule has 21 heavy (non-hydrogen) atoms. The summed E-state index contributed by atoms with van der Waals surface area (Å²) in [6, 6.07) is 8.94. The minimum atomic E-state index is 0.554. The van der Waals surface area contributed by atoms with Gasteiger partial charge in [0.25, 0.3) is 0 Å². The fraction of sp³-hybridized carbons (Fsp3) is 0.471. The summed E-state index contributed by atoms with van der Waals surface area (Å²) in [6.07, 6.45) is 5.04. The number of oxazole rings is 1.